The van der Waals surface area contributed by atoms with Gasteiger partial charge in [0.15, 0.2) is 17.4 Å². The maximum atomic E-state index is 14.6. The Bertz CT molecular complexity index is 4440. The highest BCUT2D eigenvalue weighted by atomic mass is 35.5. The minimum Gasteiger partial charge on any atom is -0.469 e. The van der Waals surface area contributed by atoms with E-state index in [0.29, 0.717) is 115 Å². The van der Waals surface area contributed by atoms with Gasteiger partial charge in [-0.25, -0.2) is 17.6 Å². The van der Waals surface area contributed by atoms with E-state index in [1.807, 2.05) is 34.9 Å². The Kier molecular flexibility index (Phi) is 19.5. The second-order valence-electron chi connectivity index (χ2n) is 20.6. The molecule has 90 heavy (non-hydrogen) atoms. The summed E-state index contributed by atoms with van der Waals surface area (Å²) in [7, 11) is 1.34. The van der Waals surface area contributed by atoms with Crippen molar-refractivity contribution in [2.45, 2.75) is 38.3 Å². The topological polar surface area (TPSA) is 154 Å². The van der Waals surface area contributed by atoms with Crippen LogP contribution < -0.4 is 0 Å². The van der Waals surface area contributed by atoms with E-state index >= 15 is 0 Å². The van der Waals surface area contributed by atoms with Crippen LogP contribution in [0.15, 0.2) is 202 Å². The quantitative estimate of drug-likeness (QED) is 0.0868. The van der Waals surface area contributed by atoms with E-state index in [0.717, 1.165) is 44.1 Å². The van der Waals surface area contributed by atoms with Crippen LogP contribution in [0.2, 0.25) is 20.1 Å². The molecule has 22 heteroatoms. The summed E-state index contributed by atoms with van der Waals surface area (Å²) in [6, 6.07) is 47.2. The first-order chi connectivity index (χ1) is 43.6. The fraction of sp³-hybridized carbons (Fsp3) is 0.132. The van der Waals surface area contributed by atoms with Crippen LogP contribution in [0.3, 0.4) is 0 Å². The summed E-state index contributed by atoms with van der Waals surface area (Å²) in [6.45, 7) is 0.831. The molecule has 0 saturated heterocycles. The number of thiocarbonyl (C=S) groups is 1. The van der Waals surface area contributed by atoms with Crippen LogP contribution in [-0.4, -0.2) is 89.2 Å². The van der Waals surface area contributed by atoms with Gasteiger partial charge in [-0.3, -0.25) is 38.7 Å². The summed E-state index contributed by atoms with van der Waals surface area (Å²) in [5, 5.41) is 18.4. The number of benzene rings is 8. The standard InChI is InChI=1S/C20H16ClFN4O2.C16H10ClFN4.C16H11ClFNO.C16H11ClFNS/c1-28-18(27)9-7-16-20-25-23-11-26(20)17-8-6-12(21)10-14(17)19(24-16)13-4-2-3-5-15(13)22;17-10-5-6-14-12(7-10)16(11-3-1-2-4-13(11)18)19-8-15-21-20-9-22(14)15;2*17-11-6-5-10-7-12(20)9-19-16(14(10)8-11)13-3-1-2-4-15(13)18/h2-6,8,10-11,16H,7,9H2,1H3;1-7,9H,8H2;2*1-6,8H,7,9H2. The minimum atomic E-state index is -0.498. The lowest BCUT2D eigenvalue weighted by Crippen LogP contribution is -2.10. The smallest absolute Gasteiger partial charge is 0.305 e. The monoisotopic (exact) mass is 1300 g/mol. The van der Waals surface area contributed by atoms with Crippen LogP contribution in [0.5, 0.6) is 0 Å². The first-order valence-corrected chi connectivity index (χ1v) is 29.8. The number of halogens is 8. The lowest BCUT2D eigenvalue weighted by atomic mass is 9.95. The summed E-state index contributed by atoms with van der Waals surface area (Å²) in [6.07, 6.45) is 4.68. The Hall–Kier alpha value is -9.17. The maximum absolute atomic E-state index is 14.6. The van der Waals surface area contributed by atoms with E-state index < -0.39 is 11.9 Å². The van der Waals surface area contributed by atoms with Crippen molar-refractivity contribution in [1.29, 1.82) is 0 Å². The second kappa shape index (κ2) is 28.1. The van der Waals surface area contributed by atoms with Gasteiger partial charge < -0.3 is 4.74 Å². The van der Waals surface area contributed by atoms with Crippen LogP contribution in [0.25, 0.3) is 11.4 Å². The summed E-state index contributed by atoms with van der Waals surface area (Å²) < 4.78 is 65.3. The molecule has 10 aromatic rings. The van der Waals surface area contributed by atoms with Gasteiger partial charge >= 0.3 is 5.97 Å². The zero-order chi connectivity index (χ0) is 63.0. The molecular formula is C68H48Cl4F4N10O3S. The van der Waals surface area contributed by atoms with E-state index in [4.69, 9.17) is 68.4 Å². The Balaban J connectivity index is 0.000000125. The SMILES string of the molecule is COC(=O)CCC1N=C(c2ccccc2F)c2cc(Cl)ccc2-n2cnnc21.Fc1ccccc1C1=NCC(=S)Cc2ccc(Cl)cc21.Fc1ccccc1C1=NCc2nncn2-c2ccc(Cl)cc21.O=C1CN=C(c2ccccc2F)c2cc(Cl)ccc2C1. The highest BCUT2D eigenvalue weighted by molar-refractivity contribution is 7.80. The van der Waals surface area contributed by atoms with E-state index in [-0.39, 0.29) is 42.2 Å². The number of fused-ring (bicyclic) bond motifs is 8. The van der Waals surface area contributed by atoms with Crippen molar-refractivity contribution in [3.63, 3.8) is 0 Å². The summed E-state index contributed by atoms with van der Waals surface area (Å²) in [5.41, 5.74) is 10.3. The third-order valence-corrected chi connectivity index (χ3v) is 15.9. The van der Waals surface area contributed by atoms with Crippen LogP contribution >= 0.6 is 58.6 Å². The molecule has 14 rings (SSSR count). The van der Waals surface area contributed by atoms with Crippen LogP contribution in [0.4, 0.5) is 17.6 Å². The van der Waals surface area contributed by atoms with Gasteiger partial charge in [-0.05, 0) is 127 Å². The van der Waals surface area contributed by atoms with Gasteiger partial charge in [0.25, 0.3) is 0 Å². The second-order valence-corrected chi connectivity index (χ2v) is 22.9. The normalized spacial score (nSPS) is 14.4. The number of aromatic nitrogens is 6. The molecule has 4 aliphatic rings. The fourth-order valence-electron chi connectivity index (χ4n) is 10.5. The molecule has 0 saturated carbocycles. The first-order valence-electron chi connectivity index (χ1n) is 27.9. The highest BCUT2D eigenvalue weighted by Gasteiger charge is 2.29. The van der Waals surface area contributed by atoms with E-state index in [1.165, 1.54) is 31.4 Å². The highest BCUT2D eigenvalue weighted by Crippen LogP contribution is 2.35. The molecular weight excluding hydrogens is 1250 g/mol. The van der Waals surface area contributed by atoms with Gasteiger partial charge in [0, 0.05) is 88.7 Å². The molecule has 13 nitrogen and oxygen atoms in total. The molecule has 2 aromatic heterocycles. The van der Waals surface area contributed by atoms with E-state index in [1.54, 1.807) is 132 Å². The van der Waals surface area contributed by atoms with Crippen molar-refractivity contribution in [1.82, 2.24) is 29.5 Å². The maximum Gasteiger partial charge on any atom is 0.305 e. The van der Waals surface area contributed by atoms with Crippen molar-refractivity contribution in [3.05, 3.63) is 293 Å². The van der Waals surface area contributed by atoms with Crippen LogP contribution in [0, 0.1) is 23.3 Å². The average Bonchev–Trinajstić information content (AvgIpc) is 1.62. The number of hydrogen-bond acceptors (Lipinski definition) is 12. The van der Waals surface area contributed by atoms with Gasteiger partial charge in [-0.15, -0.1) is 20.4 Å². The first kappa shape index (κ1) is 62.4. The third kappa shape index (κ3) is 14.0. The number of hydrogen-bond donors (Lipinski definition) is 0. The molecule has 6 heterocycles. The molecule has 1 unspecified atom stereocenters. The summed E-state index contributed by atoms with van der Waals surface area (Å²) >= 11 is 29.8. The molecule has 8 aromatic carbocycles. The average molecular weight is 1300 g/mol. The Morgan fingerprint density at radius 3 is 1.47 bits per heavy atom. The van der Waals surface area contributed by atoms with Gasteiger partial charge in [0.1, 0.15) is 48.5 Å². The van der Waals surface area contributed by atoms with Crippen molar-refractivity contribution < 1.29 is 31.9 Å². The predicted molar refractivity (Wildman–Crippen MR) is 346 cm³/mol. The Morgan fingerprint density at radius 1 is 0.511 bits per heavy atom. The van der Waals surface area contributed by atoms with Crippen molar-refractivity contribution in [2.24, 2.45) is 20.0 Å². The largest absolute Gasteiger partial charge is 0.469 e. The molecule has 0 bridgehead atoms. The van der Waals surface area contributed by atoms with Crippen LogP contribution in [-0.2, 0) is 33.7 Å². The lowest BCUT2D eigenvalue weighted by Gasteiger charge is -2.12. The Labute approximate surface area is 539 Å². The van der Waals surface area contributed by atoms with Crippen LogP contribution in [0.1, 0.15) is 86.2 Å². The zero-order valence-corrected chi connectivity index (χ0v) is 51.3. The molecule has 450 valence electrons. The number of esters is 1. The molecule has 0 fully saturated rings. The number of aliphatic imine (C=N–C) groups is 4. The summed E-state index contributed by atoms with van der Waals surface area (Å²) in [4.78, 5) is 42.4. The minimum absolute atomic E-state index is 0.0138. The summed E-state index contributed by atoms with van der Waals surface area (Å²) in [5.74, 6) is -0.412. The fourth-order valence-corrected chi connectivity index (χ4v) is 11.4. The van der Waals surface area contributed by atoms with Crippen molar-refractivity contribution in [3.8, 4) is 11.4 Å². The lowest BCUT2D eigenvalue weighted by molar-refractivity contribution is -0.140. The molecule has 0 amide bonds. The number of rotatable bonds is 7. The van der Waals surface area contributed by atoms with Gasteiger partial charge in [-0.2, -0.15) is 0 Å². The molecule has 0 aliphatic carbocycles. The van der Waals surface area contributed by atoms with Gasteiger partial charge in [0.05, 0.1) is 54.4 Å². The molecule has 4 aliphatic heterocycles. The van der Waals surface area contributed by atoms with E-state index in [9.17, 15) is 27.2 Å². The number of carbonyl (C=O) groups is 2. The number of ketones is 1. The van der Waals surface area contributed by atoms with Gasteiger partial charge in [-0.1, -0.05) is 119 Å². The van der Waals surface area contributed by atoms with Gasteiger partial charge in [0.2, 0.25) is 0 Å². The molecule has 0 radical (unpaired) electrons. The number of nitrogens with zero attached hydrogens (tertiary/aromatic N) is 10. The number of Topliss-reactive ketones (excluding diaryl/α,β-unsaturated/α-hetero) is 1. The number of ether oxygens (including phenoxy) is 1. The molecule has 0 spiro atoms. The Morgan fingerprint density at radius 2 is 0.933 bits per heavy atom. The molecule has 0 N–H and O–H groups in total. The number of carbonyl (C=O) groups excluding carboxylic acids is 2. The van der Waals surface area contributed by atoms with Crippen molar-refractivity contribution in [2.75, 3.05) is 20.2 Å². The van der Waals surface area contributed by atoms with Crippen molar-refractivity contribution >= 4 is 98.1 Å². The molecule has 1 atom stereocenters. The third-order valence-electron chi connectivity index (χ3n) is 14.7. The number of methoxy groups -OCH3 is 1. The van der Waals surface area contributed by atoms with E-state index in [2.05, 4.69) is 35.4 Å². The zero-order valence-electron chi connectivity index (χ0n) is 47.5. The predicted octanol–water partition coefficient (Wildman–Crippen LogP) is 15.0.